The molecular formula is C26H27N5O. The first-order valence-corrected chi connectivity index (χ1v) is 10.9. The Kier molecular flexibility index (Phi) is 5.47. The quantitative estimate of drug-likeness (QED) is 0.477. The molecule has 0 aliphatic carbocycles. The van der Waals surface area contributed by atoms with Gasteiger partial charge in [-0.2, -0.15) is 4.98 Å². The van der Waals surface area contributed by atoms with E-state index in [0.717, 1.165) is 31.1 Å². The van der Waals surface area contributed by atoms with Gasteiger partial charge in [-0.25, -0.2) is 4.98 Å². The molecule has 0 spiro atoms. The van der Waals surface area contributed by atoms with E-state index < -0.39 is 0 Å². The molecule has 0 saturated carbocycles. The van der Waals surface area contributed by atoms with Crippen LogP contribution in [0.15, 0.2) is 73.2 Å². The molecule has 1 saturated heterocycles. The van der Waals surface area contributed by atoms with Crippen LogP contribution in [0.25, 0.3) is 16.9 Å². The van der Waals surface area contributed by atoms with E-state index >= 15 is 0 Å². The minimum absolute atomic E-state index is 0.182. The summed E-state index contributed by atoms with van der Waals surface area (Å²) >= 11 is 0. The highest BCUT2D eigenvalue weighted by Crippen LogP contribution is 2.27. The average Bonchev–Trinajstić information content (AvgIpc) is 3.14. The molecule has 5 rings (SSSR count). The first kappa shape index (κ1) is 20.4. The molecule has 0 unspecified atom stereocenters. The van der Waals surface area contributed by atoms with Crippen LogP contribution in [0.4, 0.5) is 11.6 Å². The number of nitrogens with zero attached hydrogens (tertiary/aromatic N) is 4. The van der Waals surface area contributed by atoms with Crippen molar-refractivity contribution in [3.05, 3.63) is 89.9 Å². The van der Waals surface area contributed by atoms with Crippen molar-refractivity contribution < 1.29 is 5.11 Å². The summed E-state index contributed by atoms with van der Waals surface area (Å²) in [5, 5.41) is 12.9. The van der Waals surface area contributed by atoms with Gasteiger partial charge in [-0.3, -0.25) is 4.90 Å². The van der Waals surface area contributed by atoms with Gasteiger partial charge in [0.1, 0.15) is 5.82 Å². The van der Waals surface area contributed by atoms with E-state index in [0.29, 0.717) is 5.95 Å². The second-order valence-electron chi connectivity index (χ2n) is 8.48. The second kappa shape index (κ2) is 8.57. The molecule has 0 amide bonds. The monoisotopic (exact) mass is 425 g/mol. The fraction of sp³-hybridized carbons (Fsp3) is 0.231. The van der Waals surface area contributed by atoms with Gasteiger partial charge in [0.05, 0.1) is 6.10 Å². The molecule has 162 valence electrons. The van der Waals surface area contributed by atoms with Crippen LogP contribution >= 0.6 is 0 Å². The number of nitrogens with one attached hydrogen (secondary N) is 1. The fourth-order valence-electron chi connectivity index (χ4n) is 4.17. The van der Waals surface area contributed by atoms with Crippen molar-refractivity contribution in [1.82, 2.24) is 19.4 Å². The molecule has 2 aromatic carbocycles. The van der Waals surface area contributed by atoms with Gasteiger partial charge in [-0.1, -0.05) is 36.4 Å². The van der Waals surface area contributed by atoms with Gasteiger partial charge in [0.25, 0.3) is 0 Å². The van der Waals surface area contributed by atoms with Crippen LogP contribution in [0.1, 0.15) is 16.7 Å². The molecule has 1 fully saturated rings. The van der Waals surface area contributed by atoms with E-state index in [1.165, 1.54) is 27.8 Å². The van der Waals surface area contributed by atoms with Crippen molar-refractivity contribution in [3.8, 4) is 16.9 Å². The Balaban J connectivity index is 1.33. The zero-order valence-electron chi connectivity index (χ0n) is 18.4. The van der Waals surface area contributed by atoms with Crippen LogP contribution in [0.2, 0.25) is 0 Å². The lowest BCUT2D eigenvalue weighted by molar-refractivity contribution is -0.00295. The summed E-state index contributed by atoms with van der Waals surface area (Å²) in [6, 6.07) is 18.6. The van der Waals surface area contributed by atoms with Crippen LogP contribution in [-0.4, -0.2) is 43.7 Å². The molecule has 3 heterocycles. The van der Waals surface area contributed by atoms with Crippen molar-refractivity contribution in [3.63, 3.8) is 0 Å². The predicted molar refractivity (Wildman–Crippen MR) is 127 cm³/mol. The Bertz CT molecular complexity index is 1230. The highest BCUT2D eigenvalue weighted by Gasteiger charge is 2.24. The van der Waals surface area contributed by atoms with Crippen LogP contribution < -0.4 is 5.32 Å². The Morgan fingerprint density at radius 2 is 1.81 bits per heavy atom. The molecule has 0 radical (unpaired) electrons. The zero-order valence-corrected chi connectivity index (χ0v) is 18.4. The molecule has 4 aromatic rings. The predicted octanol–water partition coefficient (Wildman–Crippen LogP) is 4.47. The number of rotatable bonds is 6. The standard InChI is InChI=1S/C26H27N5O/c1-18-12-22(8-9-24(18)20-6-4-3-5-7-20)28-26-27-11-10-25(29-26)31-13-19(2)21(15-31)14-30-16-23(32)17-30/h3-13,15,23,32H,14,16-17H2,1-2H3,(H,27,28,29). The van der Waals surface area contributed by atoms with Crippen LogP contribution in [0.5, 0.6) is 0 Å². The number of benzene rings is 2. The summed E-state index contributed by atoms with van der Waals surface area (Å²) < 4.78 is 2.04. The Morgan fingerprint density at radius 3 is 2.56 bits per heavy atom. The molecule has 1 aliphatic rings. The van der Waals surface area contributed by atoms with Crippen molar-refractivity contribution in [2.45, 2.75) is 26.5 Å². The number of aromatic nitrogens is 3. The van der Waals surface area contributed by atoms with E-state index in [4.69, 9.17) is 4.98 Å². The van der Waals surface area contributed by atoms with Gasteiger partial charge < -0.3 is 15.0 Å². The Labute approximate surface area is 188 Å². The second-order valence-corrected chi connectivity index (χ2v) is 8.48. The number of anilines is 2. The normalized spacial score (nSPS) is 14.3. The summed E-state index contributed by atoms with van der Waals surface area (Å²) in [4.78, 5) is 11.4. The van der Waals surface area contributed by atoms with Crippen LogP contribution in [0.3, 0.4) is 0 Å². The fourth-order valence-corrected chi connectivity index (χ4v) is 4.17. The van der Waals surface area contributed by atoms with Crippen LogP contribution in [0, 0.1) is 13.8 Å². The SMILES string of the molecule is Cc1cn(-c2ccnc(Nc3ccc(-c4ccccc4)c(C)c3)n2)cc1CN1CC(O)C1. The van der Waals surface area contributed by atoms with Crippen molar-refractivity contribution in [2.24, 2.45) is 0 Å². The number of β-amino-alcohol motifs (C(OH)–C–C–N with tert-alkyl or cyclic N) is 1. The first-order chi connectivity index (χ1) is 15.5. The molecule has 6 heteroatoms. The van der Waals surface area contributed by atoms with Crippen molar-refractivity contribution in [2.75, 3.05) is 18.4 Å². The van der Waals surface area contributed by atoms with Gasteiger partial charge in [0.15, 0.2) is 0 Å². The number of aliphatic hydroxyl groups is 1. The molecule has 2 N–H and O–H groups in total. The number of hydrogen-bond donors (Lipinski definition) is 2. The van der Waals surface area contributed by atoms with Gasteiger partial charge in [-0.05, 0) is 59.9 Å². The van der Waals surface area contributed by atoms with Gasteiger partial charge in [-0.15, -0.1) is 0 Å². The van der Waals surface area contributed by atoms with Crippen molar-refractivity contribution in [1.29, 1.82) is 0 Å². The van der Waals surface area contributed by atoms with E-state index in [9.17, 15) is 5.11 Å². The third-order valence-electron chi connectivity index (χ3n) is 5.94. The molecule has 0 bridgehead atoms. The topological polar surface area (TPSA) is 66.2 Å². The maximum atomic E-state index is 9.52. The minimum atomic E-state index is -0.182. The number of likely N-dealkylation sites (tertiary alicyclic amines) is 1. The number of aryl methyl sites for hydroxylation is 2. The molecule has 0 atom stereocenters. The summed E-state index contributed by atoms with van der Waals surface area (Å²) in [7, 11) is 0. The molecule has 1 aliphatic heterocycles. The van der Waals surface area contributed by atoms with E-state index in [2.05, 4.69) is 83.9 Å². The summed E-state index contributed by atoms with van der Waals surface area (Å²) in [6.07, 6.45) is 5.80. The third-order valence-corrected chi connectivity index (χ3v) is 5.94. The minimum Gasteiger partial charge on any atom is -0.390 e. The summed E-state index contributed by atoms with van der Waals surface area (Å²) in [5.41, 5.74) is 7.04. The molecular weight excluding hydrogens is 398 g/mol. The number of aliphatic hydroxyl groups excluding tert-OH is 1. The zero-order chi connectivity index (χ0) is 22.1. The van der Waals surface area contributed by atoms with Gasteiger partial charge in [0, 0.05) is 43.9 Å². The summed E-state index contributed by atoms with van der Waals surface area (Å²) in [6.45, 7) is 6.56. The smallest absolute Gasteiger partial charge is 0.229 e. The average molecular weight is 426 g/mol. The molecule has 2 aromatic heterocycles. The first-order valence-electron chi connectivity index (χ1n) is 10.9. The third kappa shape index (κ3) is 4.28. The Hall–Kier alpha value is -3.48. The highest BCUT2D eigenvalue weighted by molar-refractivity contribution is 5.71. The lowest BCUT2D eigenvalue weighted by Crippen LogP contribution is -2.49. The lowest BCUT2D eigenvalue weighted by Gasteiger charge is -2.35. The maximum absolute atomic E-state index is 9.52. The van der Waals surface area contributed by atoms with E-state index in [1.54, 1.807) is 6.20 Å². The maximum Gasteiger partial charge on any atom is 0.229 e. The van der Waals surface area contributed by atoms with Crippen LogP contribution in [-0.2, 0) is 6.54 Å². The van der Waals surface area contributed by atoms with Gasteiger partial charge >= 0.3 is 0 Å². The lowest BCUT2D eigenvalue weighted by atomic mass is 10.0. The Morgan fingerprint density at radius 1 is 1.00 bits per heavy atom. The largest absolute Gasteiger partial charge is 0.390 e. The number of hydrogen-bond acceptors (Lipinski definition) is 5. The van der Waals surface area contributed by atoms with Gasteiger partial charge in [0.2, 0.25) is 5.95 Å². The van der Waals surface area contributed by atoms with Crippen molar-refractivity contribution >= 4 is 11.6 Å². The molecule has 32 heavy (non-hydrogen) atoms. The summed E-state index contributed by atoms with van der Waals surface area (Å²) in [5.74, 6) is 1.38. The molecule has 6 nitrogen and oxygen atoms in total. The van der Waals surface area contributed by atoms with E-state index in [-0.39, 0.29) is 6.10 Å². The van der Waals surface area contributed by atoms with E-state index in [1.807, 2.05) is 16.7 Å². The highest BCUT2D eigenvalue weighted by atomic mass is 16.3.